The highest BCUT2D eigenvalue weighted by molar-refractivity contribution is 5.88. The van der Waals surface area contributed by atoms with Gasteiger partial charge >= 0.3 is 5.97 Å². The molecule has 196 valence electrons. The van der Waals surface area contributed by atoms with E-state index in [1.54, 1.807) is 0 Å². The summed E-state index contributed by atoms with van der Waals surface area (Å²) in [7, 11) is 0. The quantitative estimate of drug-likeness (QED) is 0.199. The molecule has 0 radical (unpaired) electrons. The summed E-state index contributed by atoms with van der Waals surface area (Å²) in [5, 5.41) is 13.7. The van der Waals surface area contributed by atoms with E-state index in [1.807, 2.05) is 25.2 Å². The molecule has 5 aliphatic rings. The third-order valence-electron chi connectivity index (χ3n) is 9.99. The number of allylic oxidation sites excluding steroid dienone is 9. The first-order chi connectivity index (χ1) is 17.1. The molecule has 0 atom stereocenters. The Hall–Kier alpha value is -2.23. The Balaban J connectivity index is 1.44. The van der Waals surface area contributed by atoms with Crippen LogP contribution in [0.1, 0.15) is 98.8 Å². The molecular formula is C32H45NO3. The number of aliphatic carboxylic acids is 1. The first kappa shape index (κ1) is 26.8. The second-order valence-corrected chi connectivity index (χ2v) is 12.9. The van der Waals surface area contributed by atoms with Crippen LogP contribution in [-0.2, 0) is 4.79 Å². The highest BCUT2D eigenvalue weighted by Gasteiger charge is 2.58. The van der Waals surface area contributed by atoms with Gasteiger partial charge in [-0.05, 0) is 125 Å². The van der Waals surface area contributed by atoms with Crippen molar-refractivity contribution < 1.29 is 9.90 Å². The fourth-order valence-corrected chi connectivity index (χ4v) is 8.13. The van der Waals surface area contributed by atoms with Gasteiger partial charge in [-0.3, -0.25) is 0 Å². The van der Waals surface area contributed by atoms with Crippen molar-refractivity contribution in [2.75, 3.05) is 0 Å². The van der Waals surface area contributed by atoms with Crippen LogP contribution in [0.2, 0.25) is 0 Å². The minimum Gasteiger partial charge on any atom is -0.478 e. The first-order valence-corrected chi connectivity index (χ1v) is 14.1. The highest BCUT2D eigenvalue weighted by Crippen LogP contribution is 2.61. The molecule has 5 rings (SSSR count). The molecule has 5 aliphatic carbocycles. The summed E-state index contributed by atoms with van der Waals surface area (Å²) in [5.74, 6) is 1.33. The van der Waals surface area contributed by atoms with E-state index in [1.165, 1.54) is 36.8 Å². The van der Waals surface area contributed by atoms with Crippen LogP contribution in [0.3, 0.4) is 0 Å². The van der Waals surface area contributed by atoms with Crippen molar-refractivity contribution >= 4 is 5.97 Å². The van der Waals surface area contributed by atoms with Crippen molar-refractivity contribution in [3.63, 3.8) is 0 Å². The molecule has 4 saturated carbocycles. The average Bonchev–Trinajstić information content (AvgIpc) is 2.79. The van der Waals surface area contributed by atoms with Gasteiger partial charge in [-0.25, -0.2) is 4.79 Å². The Morgan fingerprint density at radius 1 is 1.06 bits per heavy atom. The predicted molar refractivity (Wildman–Crippen MR) is 148 cm³/mol. The Morgan fingerprint density at radius 2 is 1.69 bits per heavy atom. The van der Waals surface area contributed by atoms with Gasteiger partial charge in [0.15, 0.2) is 0 Å². The largest absolute Gasteiger partial charge is 0.478 e. The van der Waals surface area contributed by atoms with E-state index in [-0.39, 0.29) is 5.41 Å². The van der Waals surface area contributed by atoms with Crippen molar-refractivity contribution in [1.82, 2.24) is 0 Å². The molecule has 0 aromatic rings. The van der Waals surface area contributed by atoms with Gasteiger partial charge in [0.25, 0.3) is 0 Å². The van der Waals surface area contributed by atoms with E-state index in [0.29, 0.717) is 30.3 Å². The maximum absolute atomic E-state index is 12.2. The summed E-state index contributed by atoms with van der Waals surface area (Å²) < 4.78 is 0. The number of hydrogen-bond acceptors (Lipinski definition) is 3. The fraction of sp³-hybridized carbons (Fsp3) is 0.656. The molecule has 0 spiro atoms. The molecule has 0 aliphatic heterocycles. The summed E-state index contributed by atoms with van der Waals surface area (Å²) in [6, 6.07) is 0. The zero-order valence-corrected chi connectivity index (χ0v) is 23.0. The van der Waals surface area contributed by atoms with Crippen molar-refractivity contribution in [2.45, 2.75) is 104 Å². The van der Waals surface area contributed by atoms with E-state index in [4.69, 9.17) is 0 Å². The van der Waals surface area contributed by atoms with Crippen molar-refractivity contribution in [3.05, 3.63) is 63.2 Å². The van der Waals surface area contributed by atoms with Gasteiger partial charge in [0.05, 0.1) is 0 Å². The standard InChI is InChI=1S/C32H45NO3/c1-21(11-12-29-23(3)10-7-14-31(29,4)5)8-6-9-22(2)28(30(34)35)13-15-32(33-36)26-17-24-16-25(19-26)20-27(32)18-24/h6,8-9,11-12,24-27H,7,10,13-20H2,1-5H3,(H,34,35)/b9-6+,12-11+,21-8+,28-22+. The molecule has 0 unspecified atom stereocenters. The third kappa shape index (κ3) is 5.38. The van der Waals surface area contributed by atoms with Crippen LogP contribution >= 0.6 is 0 Å². The normalized spacial score (nSPS) is 34.5. The fourth-order valence-electron chi connectivity index (χ4n) is 8.13. The van der Waals surface area contributed by atoms with Gasteiger partial charge in [0, 0.05) is 5.57 Å². The van der Waals surface area contributed by atoms with Gasteiger partial charge < -0.3 is 5.11 Å². The molecule has 4 bridgehead atoms. The zero-order chi connectivity index (χ0) is 26.1. The van der Waals surface area contributed by atoms with Gasteiger partial charge in [0.2, 0.25) is 0 Å². The minimum absolute atomic E-state index is 0.218. The molecule has 1 N–H and O–H groups in total. The van der Waals surface area contributed by atoms with Crippen LogP contribution < -0.4 is 0 Å². The summed E-state index contributed by atoms with van der Waals surface area (Å²) >= 11 is 0. The van der Waals surface area contributed by atoms with Crippen LogP contribution in [0.25, 0.3) is 0 Å². The van der Waals surface area contributed by atoms with Gasteiger partial charge in [0.1, 0.15) is 5.54 Å². The summed E-state index contributed by atoms with van der Waals surface area (Å²) in [5.41, 5.74) is 4.89. The smallest absolute Gasteiger partial charge is 0.331 e. The minimum atomic E-state index is -0.885. The number of nitroso groups, excluding NO2 is 1. The van der Waals surface area contributed by atoms with E-state index in [2.05, 4.69) is 45.0 Å². The lowest BCUT2D eigenvalue weighted by atomic mass is 9.48. The first-order valence-electron chi connectivity index (χ1n) is 14.1. The van der Waals surface area contributed by atoms with Crippen molar-refractivity contribution in [3.8, 4) is 0 Å². The Morgan fingerprint density at radius 3 is 2.25 bits per heavy atom. The molecular weight excluding hydrogens is 446 g/mol. The zero-order valence-electron chi connectivity index (χ0n) is 23.0. The number of rotatable bonds is 9. The average molecular weight is 492 g/mol. The molecule has 0 aromatic heterocycles. The molecule has 36 heavy (non-hydrogen) atoms. The van der Waals surface area contributed by atoms with E-state index < -0.39 is 11.5 Å². The van der Waals surface area contributed by atoms with Crippen LogP contribution in [0.5, 0.6) is 0 Å². The maximum Gasteiger partial charge on any atom is 0.331 e. The Bertz CT molecular complexity index is 1010. The van der Waals surface area contributed by atoms with Crippen molar-refractivity contribution in [1.29, 1.82) is 0 Å². The number of carbonyl (C=O) groups is 1. The lowest BCUT2D eigenvalue weighted by molar-refractivity contribution is -0.133. The van der Waals surface area contributed by atoms with Crippen LogP contribution in [0.4, 0.5) is 0 Å². The Kier molecular flexibility index (Phi) is 7.92. The molecule has 0 amide bonds. The lowest BCUT2D eigenvalue weighted by Gasteiger charge is -2.58. The maximum atomic E-state index is 12.2. The summed E-state index contributed by atoms with van der Waals surface area (Å²) in [6.45, 7) is 10.8. The second-order valence-electron chi connectivity index (χ2n) is 12.9. The predicted octanol–water partition coefficient (Wildman–Crippen LogP) is 8.71. The Labute approximate surface area is 217 Å². The lowest BCUT2D eigenvalue weighted by Crippen LogP contribution is -2.56. The molecule has 0 aromatic carbocycles. The number of hydrogen-bond donors (Lipinski definition) is 1. The molecule has 4 nitrogen and oxygen atoms in total. The van der Waals surface area contributed by atoms with Gasteiger partial charge in [-0.2, -0.15) is 4.91 Å². The molecule has 4 heteroatoms. The molecule has 4 fully saturated rings. The van der Waals surface area contributed by atoms with Gasteiger partial charge in [-0.15, -0.1) is 0 Å². The third-order valence-corrected chi connectivity index (χ3v) is 9.99. The second kappa shape index (κ2) is 10.6. The monoisotopic (exact) mass is 491 g/mol. The SMILES string of the molecule is CC1=C(/C=C/C(C)=C/C=C/C(C)=C(\CCC2(N=O)C3CC4CC(C3)CC2C4)C(=O)O)C(C)(C)CCC1. The van der Waals surface area contributed by atoms with Gasteiger partial charge in [-0.1, -0.05) is 60.6 Å². The number of carboxylic acid groups (broad SMARTS) is 1. The summed E-state index contributed by atoms with van der Waals surface area (Å²) in [6.07, 6.45) is 20.7. The van der Waals surface area contributed by atoms with Crippen LogP contribution in [0, 0.1) is 34.0 Å². The number of carboxylic acids is 1. The number of nitrogens with zero attached hydrogens (tertiary/aromatic N) is 1. The molecule has 0 heterocycles. The topological polar surface area (TPSA) is 66.7 Å². The van der Waals surface area contributed by atoms with Crippen LogP contribution in [-0.4, -0.2) is 16.6 Å². The van der Waals surface area contributed by atoms with E-state index >= 15 is 0 Å². The van der Waals surface area contributed by atoms with Crippen LogP contribution in [0.15, 0.2) is 63.4 Å². The molecule has 0 saturated heterocycles. The van der Waals surface area contributed by atoms with E-state index in [9.17, 15) is 14.8 Å². The van der Waals surface area contributed by atoms with E-state index in [0.717, 1.165) is 48.7 Å². The summed E-state index contributed by atoms with van der Waals surface area (Å²) in [4.78, 5) is 24.4. The van der Waals surface area contributed by atoms with Crippen molar-refractivity contribution in [2.24, 2.45) is 34.3 Å². The highest BCUT2D eigenvalue weighted by atomic mass is 16.4.